The molecule has 1 saturated carbocycles. The molecular weight excluding hydrogens is 580 g/mol. The number of allylic oxidation sites excluding steroid dienone is 1. The summed E-state index contributed by atoms with van der Waals surface area (Å²) in [6.45, 7) is 4.31. The molecule has 1 N–H and O–H groups in total. The Bertz CT molecular complexity index is 1350. The lowest BCUT2D eigenvalue weighted by atomic mass is 9.94. The number of fused-ring (bicyclic) bond motifs is 1. The van der Waals surface area contributed by atoms with Gasteiger partial charge >= 0.3 is 5.97 Å². The monoisotopic (exact) mass is 612 g/mol. The topological polar surface area (TPSA) is 87.5 Å². The summed E-state index contributed by atoms with van der Waals surface area (Å²) >= 11 is 5.20. The zero-order valence-electron chi connectivity index (χ0n) is 22.4. The maximum Gasteiger partial charge on any atom is 0.338 e. The standard InChI is InChI=1S/C29H33BrN4O4S/c1-4-37-26-22(30)15-20(16-23(26)36-3)25-24(27(35)38-21-13-9-6-10-14-21)18(2)31-28-32-29(33-34(25)28)39-17-19-11-7-5-8-12-19/h5,7-8,11-12,15-16,21,25H,4,6,9-10,13-14,17H2,1-3H3,(H,31,32,33). The first-order valence-electron chi connectivity index (χ1n) is 13.3. The van der Waals surface area contributed by atoms with E-state index in [-0.39, 0.29) is 12.1 Å². The summed E-state index contributed by atoms with van der Waals surface area (Å²) in [7, 11) is 1.61. The van der Waals surface area contributed by atoms with Crippen LogP contribution < -0.4 is 14.8 Å². The number of aromatic nitrogens is 3. The highest BCUT2D eigenvalue weighted by molar-refractivity contribution is 9.10. The van der Waals surface area contributed by atoms with Crippen molar-refractivity contribution in [1.29, 1.82) is 0 Å². The minimum Gasteiger partial charge on any atom is -0.493 e. The number of anilines is 1. The first-order valence-corrected chi connectivity index (χ1v) is 15.1. The number of halogens is 1. The van der Waals surface area contributed by atoms with Crippen molar-refractivity contribution in [1.82, 2.24) is 14.8 Å². The van der Waals surface area contributed by atoms with E-state index in [4.69, 9.17) is 24.3 Å². The summed E-state index contributed by atoms with van der Waals surface area (Å²) in [4.78, 5) is 18.5. The van der Waals surface area contributed by atoms with Crippen molar-refractivity contribution in [3.63, 3.8) is 0 Å². The second kappa shape index (κ2) is 12.5. The Morgan fingerprint density at radius 3 is 2.67 bits per heavy atom. The van der Waals surface area contributed by atoms with Gasteiger partial charge in [-0.2, -0.15) is 4.98 Å². The zero-order chi connectivity index (χ0) is 27.4. The fourth-order valence-corrected chi connectivity index (χ4v) is 6.43. The van der Waals surface area contributed by atoms with E-state index >= 15 is 0 Å². The minimum atomic E-state index is -0.559. The van der Waals surface area contributed by atoms with Crippen LogP contribution in [0.4, 0.5) is 5.95 Å². The van der Waals surface area contributed by atoms with Gasteiger partial charge in [-0.1, -0.05) is 48.5 Å². The summed E-state index contributed by atoms with van der Waals surface area (Å²) in [6.07, 6.45) is 5.07. The molecule has 5 rings (SSSR count). The average Bonchev–Trinajstić information content (AvgIpc) is 3.35. The van der Waals surface area contributed by atoms with Crippen molar-refractivity contribution in [2.24, 2.45) is 0 Å². The van der Waals surface area contributed by atoms with Crippen LogP contribution in [-0.4, -0.2) is 40.6 Å². The number of rotatable bonds is 9. The van der Waals surface area contributed by atoms with Gasteiger partial charge in [0, 0.05) is 11.4 Å². The van der Waals surface area contributed by atoms with Crippen molar-refractivity contribution in [2.45, 2.75) is 69.0 Å². The Kier molecular flexibility index (Phi) is 8.82. The molecule has 10 heteroatoms. The second-order valence-electron chi connectivity index (χ2n) is 9.64. The van der Waals surface area contributed by atoms with Crippen LogP contribution in [0.2, 0.25) is 0 Å². The molecule has 39 heavy (non-hydrogen) atoms. The molecule has 0 radical (unpaired) electrons. The highest BCUT2D eigenvalue weighted by atomic mass is 79.9. The third-order valence-corrected chi connectivity index (χ3v) is 8.44. The number of carbonyl (C=O) groups excluding carboxylic acids is 1. The molecule has 2 heterocycles. The molecule has 1 aliphatic heterocycles. The summed E-state index contributed by atoms with van der Waals surface area (Å²) in [5.74, 6) is 2.16. The third kappa shape index (κ3) is 6.11. The third-order valence-electron chi connectivity index (χ3n) is 6.95. The molecule has 1 unspecified atom stereocenters. The summed E-state index contributed by atoms with van der Waals surface area (Å²) < 4.78 is 20.1. The van der Waals surface area contributed by atoms with E-state index < -0.39 is 6.04 Å². The molecular formula is C29H33BrN4O4S. The minimum absolute atomic E-state index is 0.0667. The molecule has 2 aromatic carbocycles. The molecule has 0 saturated heterocycles. The molecule has 1 atom stereocenters. The Hall–Kier alpha value is -2.98. The number of ether oxygens (including phenoxy) is 3. The average molecular weight is 614 g/mol. The van der Waals surface area contributed by atoms with E-state index in [1.165, 1.54) is 12.0 Å². The van der Waals surface area contributed by atoms with Gasteiger partial charge in [0.25, 0.3) is 0 Å². The predicted octanol–water partition coefficient (Wildman–Crippen LogP) is 6.91. The van der Waals surface area contributed by atoms with Crippen LogP contribution in [0.5, 0.6) is 11.5 Å². The van der Waals surface area contributed by atoms with E-state index in [2.05, 4.69) is 33.4 Å². The molecule has 0 bridgehead atoms. The SMILES string of the molecule is CCOc1c(Br)cc(C2C(C(=O)OC3CCCCC3)=C(C)Nc3nc(SCc4ccccc4)nn32)cc1OC. The summed E-state index contributed by atoms with van der Waals surface area (Å²) in [5.41, 5.74) is 3.20. The summed E-state index contributed by atoms with van der Waals surface area (Å²) in [6, 6.07) is 13.5. The zero-order valence-corrected chi connectivity index (χ0v) is 24.8. The number of benzene rings is 2. The van der Waals surface area contributed by atoms with Gasteiger partial charge in [0.1, 0.15) is 12.1 Å². The first kappa shape index (κ1) is 27.6. The fraction of sp³-hybridized carbons (Fsp3) is 0.414. The van der Waals surface area contributed by atoms with Crippen LogP contribution >= 0.6 is 27.7 Å². The van der Waals surface area contributed by atoms with Crippen LogP contribution in [0.3, 0.4) is 0 Å². The molecule has 2 aliphatic rings. The Balaban J connectivity index is 1.53. The molecule has 8 nitrogen and oxygen atoms in total. The van der Waals surface area contributed by atoms with Gasteiger partial charge in [0.05, 0.1) is 23.8 Å². The van der Waals surface area contributed by atoms with E-state index in [1.54, 1.807) is 23.6 Å². The molecule has 1 aliphatic carbocycles. The van der Waals surface area contributed by atoms with Crippen LogP contribution in [0.25, 0.3) is 0 Å². The largest absolute Gasteiger partial charge is 0.493 e. The molecule has 1 aromatic heterocycles. The lowest BCUT2D eigenvalue weighted by Crippen LogP contribution is -2.32. The van der Waals surface area contributed by atoms with E-state index in [9.17, 15) is 4.79 Å². The number of nitrogens with zero attached hydrogens (tertiary/aromatic N) is 3. The van der Waals surface area contributed by atoms with Gasteiger partial charge in [0.15, 0.2) is 11.5 Å². The molecule has 3 aromatic rings. The number of esters is 1. The van der Waals surface area contributed by atoms with E-state index in [0.29, 0.717) is 40.5 Å². The highest BCUT2D eigenvalue weighted by Gasteiger charge is 2.37. The molecule has 0 spiro atoms. The van der Waals surface area contributed by atoms with Gasteiger partial charge in [-0.3, -0.25) is 0 Å². The van der Waals surface area contributed by atoms with Gasteiger partial charge in [-0.05, 0) is 78.7 Å². The number of hydrogen-bond acceptors (Lipinski definition) is 8. The van der Waals surface area contributed by atoms with Crippen LogP contribution in [0.1, 0.15) is 63.1 Å². The molecule has 1 fully saturated rings. The lowest BCUT2D eigenvalue weighted by molar-refractivity contribution is -0.146. The van der Waals surface area contributed by atoms with Crippen molar-refractivity contribution in [3.05, 3.63) is 69.3 Å². The lowest BCUT2D eigenvalue weighted by Gasteiger charge is -2.30. The Labute approximate surface area is 241 Å². The van der Waals surface area contributed by atoms with Crippen LogP contribution in [0.15, 0.2) is 63.4 Å². The fourth-order valence-electron chi connectivity index (χ4n) is 5.07. The van der Waals surface area contributed by atoms with Gasteiger partial charge < -0.3 is 19.5 Å². The van der Waals surface area contributed by atoms with Crippen molar-refractivity contribution in [2.75, 3.05) is 19.0 Å². The van der Waals surface area contributed by atoms with Gasteiger partial charge in [-0.25, -0.2) is 9.48 Å². The van der Waals surface area contributed by atoms with E-state index in [0.717, 1.165) is 41.5 Å². The maximum absolute atomic E-state index is 13.7. The van der Waals surface area contributed by atoms with Crippen molar-refractivity contribution < 1.29 is 19.0 Å². The second-order valence-corrected chi connectivity index (χ2v) is 11.4. The first-order chi connectivity index (χ1) is 19.0. The highest BCUT2D eigenvalue weighted by Crippen LogP contribution is 2.43. The van der Waals surface area contributed by atoms with Crippen molar-refractivity contribution in [3.8, 4) is 11.5 Å². The number of hydrogen-bond donors (Lipinski definition) is 1. The maximum atomic E-state index is 13.7. The Morgan fingerprint density at radius 1 is 1.18 bits per heavy atom. The Morgan fingerprint density at radius 2 is 1.95 bits per heavy atom. The number of carbonyl (C=O) groups is 1. The predicted molar refractivity (Wildman–Crippen MR) is 155 cm³/mol. The number of thioether (sulfide) groups is 1. The van der Waals surface area contributed by atoms with E-state index in [1.807, 2.05) is 44.2 Å². The van der Waals surface area contributed by atoms with Gasteiger partial charge in [-0.15, -0.1) is 5.10 Å². The van der Waals surface area contributed by atoms with Crippen LogP contribution in [0, 0.1) is 0 Å². The number of nitrogens with one attached hydrogen (secondary N) is 1. The van der Waals surface area contributed by atoms with Crippen molar-refractivity contribution >= 4 is 39.6 Å². The van der Waals surface area contributed by atoms with Crippen LogP contribution in [-0.2, 0) is 15.3 Å². The van der Waals surface area contributed by atoms with Gasteiger partial charge in [0.2, 0.25) is 11.1 Å². The smallest absolute Gasteiger partial charge is 0.338 e. The quantitative estimate of drug-likeness (QED) is 0.206. The number of methoxy groups -OCH3 is 1. The molecule has 0 amide bonds. The molecule has 206 valence electrons. The summed E-state index contributed by atoms with van der Waals surface area (Å²) in [5, 5.41) is 8.79. The normalized spacial score (nSPS) is 17.4.